The van der Waals surface area contributed by atoms with Gasteiger partial charge in [0.15, 0.2) is 0 Å². The maximum atomic E-state index is 13.2. The van der Waals surface area contributed by atoms with E-state index in [1.54, 1.807) is 0 Å². The molecule has 0 saturated carbocycles. The van der Waals surface area contributed by atoms with Gasteiger partial charge < -0.3 is 5.32 Å². The molecule has 0 radical (unpaired) electrons. The molecule has 21 heavy (non-hydrogen) atoms. The van der Waals surface area contributed by atoms with Crippen LogP contribution in [0.1, 0.15) is 44.4 Å². The molecule has 1 unspecified atom stereocenters. The smallest absolute Gasteiger partial charge is 0.123 e. The Morgan fingerprint density at radius 2 is 1.76 bits per heavy atom. The van der Waals surface area contributed by atoms with Crippen molar-refractivity contribution in [3.63, 3.8) is 0 Å². The highest BCUT2D eigenvalue weighted by molar-refractivity contribution is 5.30. The molecule has 2 aromatic rings. The summed E-state index contributed by atoms with van der Waals surface area (Å²) in [5, 5.41) is 3.57. The van der Waals surface area contributed by atoms with E-state index in [-0.39, 0.29) is 17.3 Å². The first kappa shape index (κ1) is 15.6. The Morgan fingerprint density at radius 1 is 1.14 bits per heavy atom. The highest BCUT2D eigenvalue weighted by atomic mass is 19.1. The molecule has 0 saturated heterocycles. The highest BCUT2D eigenvalue weighted by Gasteiger charge is 2.32. The van der Waals surface area contributed by atoms with Crippen LogP contribution in [0, 0.1) is 5.82 Å². The van der Waals surface area contributed by atoms with Gasteiger partial charge in [0, 0.05) is 29.4 Å². The van der Waals surface area contributed by atoms with Gasteiger partial charge in [0.2, 0.25) is 0 Å². The third-order valence-corrected chi connectivity index (χ3v) is 3.82. The number of rotatable bonds is 6. The predicted octanol–water partition coefficient (Wildman–Crippen LogP) is 3.63. The number of benzene rings is 1. The van der Waals surface area contributed by atoms with E-state index in [1.807, 2.05) is 24.5 Å². The standard InChI is InChI=1S/C17H22FN3/c1-4-9-21-16(13-10-19-12-20-11-13)17(2,3)14-5-7-15(18)8-6-14/h5-8,10-12,16,21H,4,9H2,1-3H3. The average molecular weight is 287 g/mol. The number of nitrogens with zero attached hydrogens (tertiary/aromatic N) is 2. The quantitative estimate of drug-likeness (QED) is 0.881. The van der Waals surface area contributed by atoms with Crippen molar-refractivity contribution in [1.29, 1.82) is 0 Å². The van der Waals surface area contributed by atoms with Gasteiger partial charge in [-0.3, -0.25) is 0 Å². The van der Waals surface area contributed by atoms with Gasteiger partial charge in [-0.05, 0) is 30.7 Å². The maximum Gasteiger partial charge on any atom is 0.123 e. The lowest BCUT2D eigenvalue weighted by atomic mass is 9.75. The molecule has 0 bridgehead atoms. The van der Waals surface area contributed by atoms with Crippen LogP contribution in [-0.2, 0) is 5.41 Å². The lowest BCUT2D eigenvalue weighted by Gasteiger charge is -2.35. The molecule has 1 N–H and O–H groups in total. The van der Waals surface area contributed by atoms with Crippen molar-refractivity contribution in [3.8, 4) is 0 Å². The molecule has 1 aromatic heterocycles. The highest BCUT2D eigenvalue weighted by Crippen LogP contribution is 2.36. The normalized spacial score (nSPS) is 13.1. The second kappa shape index (κ2) is 6.76. The van der Waals surface area contributed by atoms with Crippen LogP contribution in [0.2, 0.25) is 0 Å². The minimum atomic E-state index is -0.212. The van der Waals surface area contributed by atoms with Gasteiger partial charge in [-0.1, -0.05) is 32.9 Å². The number of hydrogen-bond acceptors (Lipinski definition) is 3. The molecular formula is C17H22FN3. The molecule has 0 aliphatic heterocycles. The van der Waals surface area contributed by atoms with Crippen LogP contribution in [0.4, 0.5) is 4.39 Å². The van der Waals surface area contributed by atoms with Gasteiger partial charge >= 0.3 is 0 Å². The van der Waals surface area contributed by atoms with Crippen LogP contribution in [0.25, 0.3) is 0 Å². The molecule has 2 rings (SSSR count). The van der Waals surface area contributed by atoms with Crippen LogP contribution < -0.4 is 5.32 Å². The summed E-state index contributed by atoms with van der Waals surface area (Å²) >= 11 is 0. The summed E-state index contributed by atoms with van der Waals surface area (Å²) in [6, 6.07) is 6.79. The number of aromatic nitrogens is 2. The Balaban J connectivity index is 2.36. The van der Waals surface area contributed by atoms with E-state index >= 15 is 0 Å². The van der Waals surface area contributed by atoms with Crippen LogP contribution in [0.5, 0.6) is 0 Å². The van der Waals surface area contributed by atoms with Gasteiger partial charge in [-0.25, -0.2) is 14.4 Å². The first-order valence-electron chi connectivity index (χ1n) is 7.30. The zero-order valence-electron chi connectivity index (χ0n) is 12.8. The monoisotopic (exact) mass is 287 g/mol. The van der Waals surface area contributed by atoms with E-state index < -0.39 is 0 Å². The van der Waals surface area contributed by atoms with Crippen molar-refractivity contribution >= 4 is 0 Å². The van der Waals surface area contributed by atoms with Crippen molar-refractivity contribution in [2.24, 2.45) is 0 Å². The molecule has 1 aromatic carbocycles. The summed E-state index contributed by atoms with van der Waals surface area (Å²) in [5.74, 6) is -0.212. The molecule has 1 atom stereocenters. The Labute approximate surface area is 125 Å². The Kier molecular flexibility index (Phi) is 5.02. The van der Waals surface area contributed by atoms with Gasteiger partial charge in [0.05, 0.1) is 0 Å². The van der Waals surface area contributed by atoms with E-state index in [2.05, 4.69) is 36.1 Å². The third-order valence-electron chi connectivity index (χ3n) is 3.82. The first-order valence-corrected chi connectivity index (χ1v) is 7.30. The second-order valence-corrected chi connectivity index (χ2v) is 5.79. The van der Waals surface area contributed by atoms with Gasteiger partial charge in [-0.15, -0.1) is 0 Å². The summed E-state index contributed by atoms with van der Waals surface area (Å²) in [4.78, 5) is 8.25. The van der Waals surface area contributed by atoms with E-state index in [4.69, 9.17) is 0 Å². The molecule has 0 fully saturated rings. The molecule has 0 aliphatic carbocycles. The molecule has 112 valence electrons. The van der Waals surface area contributed by atoms with Crippen molar-refractivity contribution < 1.29 is 4.39 Å². The molecular weight excluding hydrogens is 265 g/mol. The number of halogens is 1. The van der Waals surface area contributed by atoms with Crippen LogP contribution >= 0.6 is 0 Å². The summed E-state index contributed by atoms with van der Waals surface area (Å²) in [7, 11) is 0. The summed E-state index contributed by atoms with van der Waals surface area (Å²) in [6.45, 7) is 7.35. The Bertz CT molecular complexity index is 552. The fourth-order valence-corrected chi connectivity index (χ4v) is 2.58. The topological polar surface area (TPSA) is 37.8 Å². The molecule has 0 aliphatic rings. The summed E-state index contributed by atoms with van der Waals surface area (Å²) in [6.07, 6.45) is 6.26. The third kappa shape index (κ3) is 3.64. The van der Waals surface area contributed by atoms with Crippen LogP contribution in [0.15, 0.2) is 43.0 Å². The van der Waals surface area contributed by atoms with Gasteiger partial charge in [-0.2, -0.15) is 0 Å². The van der Waals surface area contributed by atoms with E-state index in [9.17, 15) is 4.39 Å². The number of hydrogen-bond donors (Lipinski definition) is 1. The maximum absolute atomic E-state index is 13.2. The minimum Gasteiger partial charge on any atom is -0.309 e. The van der Waals surface area contributed by atoms with Crippen molar-refractivity contribution in [2.45, 2.75) is 38.6 Å². The second-order valence-electron chi connectivity index (χ2n) is 5.79. The molecule has 1 heterocycles. The first-order chi connectivity index (χ1) is 10.1. The lowest BCUT2D eigenvalue weighted by molar-refractivity contribution is 0.346. The van der Waals surface area contributed by atoms with Crippen LogP contribution in [0.3, 0.4) is 0 Å². The zero-order chi connectivity index (χ0) is 15.3. The summed E-state index contributed by atoms with van der Waals surface area (Å²) in [5.41, 5.74) is 1.93. The Hall–Kier alpha value is -1.81. The van der Waals surface area contributed by atoms with Crippen molar-refractivity contribution in [1.82, 2.24) is 15.3 Å². The van der Waals surface area contributed by atoms with Crippen molar-refractivity contribution in [3.05, 3.63) is 59.9 Å². The van der Waals surface area contributed by atoms with Crippen molar-refractivity contribution in [2.75, 3.05) is 6.54 Å². The zero-order valence-corrected chi connectivity index (χ0v) is 12.8. The lowest BCUT2D eigenvalue weighted by Crippen LogP contribution is -2.38. The molecule has 3 nitrogen and oxygen atoms in total. The minimum absolute atomic E-state index is 0.0733. The largest absolute Gasteiger partial charge is 0.309 e. The van der Waals surface area contributed by atoms with E-state index in [0.29, 0.717) is 0 Å². The summed E-state index contributed by atoms with van der Waals surface area (Å²) < 4.78 is 13.2. The van der Waals surface area contributed by atoms with E-state index in [1.165, 1.54) is 18.5 Å². The van der Waals surface area contributed by atoms with Crippen LogP contribution in [-0.4, -0.2) is 16.5 Å². The predicted molar refractivity (Wildman–Crippen MR) is 82.5 cm³/mol. The average Bonchev–Trinajstić information content (AvgIpc) is 2.49. The molecule has 0 amide bonds. The molecule has 4 heteroatoms. The Morgan fingerprint density at radius 3 is 2.33 bits per heavy atom. The van der Waals surface area contributed by atoms with Gasteiger partial charge in [0.1, 0.15) is 12.1 Å². The SMILES string of the molecule is CCCNC(c1cncnc1)C(C)(C)c1ccc(F)cc1. The van der Waals surface area contributed by atoms with Gasteiger partial charge in [0.25, 0.3) is 0 Å². The molecule has 0 spiro atoms. The fourth-order valence-electron chi connectivity index (χ4n) is 2.58. The van der Waals surface area contributed by atoms with E-state index in [0.717, 1.165) is 24.1 Å². The number of nitrogens with one attached hydrogen (secondary N) is 1. The fraction of sp³-hybridized carbons (Fsp3) is 0.412.